The van der Waals surface area contributed by atoms with Crippen LogP contribution in [0.1, 0.15) is 37.3 Å². The number of hydrogen-bond donors (Lipinski definition) is 2. The molecule has 0 aliphatic heterocycles. The number of carboxylic acids is 1. The molecule has 0 fully saturated rings. The molecule has 24 heavy (non-hydrogen) atoms. The molecule has 0 heterocycles. The third-order valence-electron chi connectivity index (χ3n) is 4.32. The molecule has 0 aliphatic rings. The lowest BCUT2D eigenvalue weighted by molar-refractivity contribution is -0.137. The van der Waals surface area contributed by atoms with Gasteiger partial charge < -0.3 is 10.4 Å². The Morgan fingerprint density at radius 1 is 0.917 bits per heavy atom. The smallest absolute Gasteiger partial charge is 0.303 e. The fourth-order valence-electron chi connectivity index (χ4n) is 2.99. The molecule has 0 bridgehead atoms. The van der Waals surface area contributed by atoms with Crippen molar-refractivity contribution in [1.82, 2.24) is 5.32 Å². The summed E-state index contributed by atoms with van der Waals surface area (Å²) in [5.74, 6) is -0.731. The van der Waals surface area contributed by atoms with Crippen molar-refractivity contribution >= 4 is 5.97 Å². The molecule has 2 aromatic carbocycles. The van der Waals surface area contributed by atoms with Crippen molar-refractivity contribution in [2.75, 3.05) is 0 Å². The number of nitrogens with one attached hydrogen (secondary N) is 1. The zero-order chi connectivity index (χ0) is 17.2. The van der Waals surface area contributed by atoms with Crippen LogP contribution < -0.4 is 5.32 Å². The summed E-state index contributed by atoms with van der Waals surface area (Å²) in [6, 6.07) is 21.3. The predicted molar refractivity (Wildman–Crippen MR) is 98.2 cm³/mol. The maximum absolute atomic E-state index is 11.0. The quantitative estimate of drug-likeness (QED) is 0.692. The average molecular weight is 325 g/mol. The first-order valence-corrected chi connectivity index (χ1v) is 8.73. The molecule has 128 valence electrons. The highest BCUT2D eigenvalue weighted by Crippen LogP contribution is 2.12. The van der Waals surface area contributed by atoms with Crippen LogP contribution in [-0.2, 0) is 17.6 Å². The van der Waals surface area contributed by atoms with E-state index in [-0.39, 0.29) is 12.5 Å². The monoisotopic (exact) mass is 325 g/mol. The second kappa shape index (κ2) is 9.89. The first kappa shape index (κ1) is 18.2. The van der Waals surface area contributed by atoms with Crippen LogP contribution in [0.2, 0.25) is 0 Å². The van der Waals surface area contributed by atoms with Gasteiger partial charge in [-0.15, -0.1) is 0 Å². The third kappa shape index (κ3) is 6.55. The van der Waals surface area contributed by atoms with Crippen molar-refractivity contribution in [3.63, 3.8) is 0 Å². The average Bonchev–Trinajstić information content (AvgIpc) is 2.60. The highest BCUT2D eigenvalue weighted by Gasteiger charge is 2.16. The molecule has 0 spiro atoms. The van der Waals surface area contributed by atoms with Crippen LogP contribution in [0.5, 0.6) is 0 Å². The number of aliphatic carboxylic acids is 1. The predicted octanol–water partition coefficient (Wildman–Crippen LogP) is 4.07. The summed E-state index contributed by atoms with van der Waals surface area (Å²) in [4.78, 5) is 11.0. The number of rotatable bonds is 10. The Hall–Kier alpha value is -2.13. The largest absolute Gasteiger partial charge is 0.481 e. The molecule has 0 aliphatic carbocycles. The van der Waals surface area contributed by atoms with Gasteiger partial charge in [0.15, 0.2) is 0 Å². The SMILES string of the molecule is CCC(Cc1ccccc1)NC(CCC(=O)O)Cc1ccccc1. The topological polar surface area (TPSA) is 49.3 Å². The minimum absolute atomic E-state index is 0.178. The lowest BCUT2D eigenvalue weighted by Crippen LogP contribution is -2.41. The summed E-state index contributed by atoms with van der Waals surface area (Å²) in [7, 11) is 0. The zero-order valence-electron chi connectivity index (χ0n) is 14.3. The van der Waals surface area contributed by atoms with Crippen LogP contribution in [0, 0.1) is 0 Å². The second-order valence-electron chi connectivity index (χ2n) is 6.28. The van der Waals surface area contributed by atoms with Crippen molar-refractivity contribution in [3.8, 4) is 0 Å². The molecule has 3 nitrogen and oxygen atoms in total. The van der Waals surface area contributed by atoms with E-state index in [1.165, 1.54) is 11.1 Å². The van der Waals surface area contributed by atoms with Gasteiger partial charge in [0.2, 0.25) is 0 Å². The van der Waals surface area contributed by atoms with E-state index in [1.807, 2.05) is 24.3 Å². The summed E-state index contributed by atoms with van der Waals surface area (Å²) in [5, 5.41) is 12.7. The zero-order valence-corrected chi connectivity index (χ0v) is 14.3. The van der Waals surface area contributed by atoms with E-state index in [0.29, 0.717) is 12.5 Å². The van der Waals surface area contributed by atoms with E-state index in [2.05, 4.69) is 48.6 Å². The number of carbonyl (C=O) groups is 1. The first-order chi connectivity index (χ1) is 11.7. The van der Waals surface area contributed by atoms with E-state index in [4.69, 9.17) is 5.11 Å². The summed E-state index contributed by atoms with van der Waals surface area (Å²) < 4.78 is 0. The molecule has 2 unspecified atom stereocenters. The molecule has 0 aromatic heterocycles. The number of hydrogen-bond acceptors (Lipinski definition) is 2. The van der Waals surface area contributed by atoms with Crippen LogP contribution in [0.15, 0.2) is 60.7 Å². The van der Waals surface area contributed by atoms with Crippen LogP contribution in [0.25, 0.3) is 0 Å². The van der Waals surface area contributed by atoms with Gasteiger partial charge in [0.1, 0.15) is 0 Å². The number of benzene rings is 2. The minimum Gasteiger partial charge on any atom is -0.481 e. The van der Waals surface area contributed by atoms with Gasteiger partial charge in [0.05, 0.1) is 0 Å². The molecular formula is C21H27NO2. The molecule has 0 radical (unpaired) electrons. The fourth-order valence-corrected chi connectivity index (χ4v) is 2.99. The minimum atomic E-state index is -0.731. The van der Waals surface area contributed by atoms with Gasteiger partial charge in [-0.25, -0.2) is 0 Å². The van der Waals surface area contributed by atoms with Crippen LogP contribution in [-0.4, -0.2) is 23.2 Å². The fraction of sp³-hybridized carbons (Fsp3) is 0.381. The van der Waals surface area contributed by atoms with Crippen LogP contribution in [0.3, 0.4) is 0 Å². The number of carboxylic acid groups (broad SMARTS) is 1. The van der Waals surface area contributed by atoms with Crippen molar-refractivity contribution in [3.05, 3.63) is 71.8 Å². The van der Waals surface area contributed by atoms with Gasteiger partial charge in [-0.05, 0) is 36.8 Å². The highest BCUT2D eigenvalue weighted by atomic mass is 16.4. The molecule has 2 rings (SSSR count). The molecular weight excluding hydrogens is 298 g/mol. The van der Waals surface area contributed by atoms with E-state index >= 15 is 0 Å². The van der Waals surface area contributed by atoms with Gasteiger partial charge >= 0.3 is 5.97 Å². The lowest BCUT2D eigenvalue weighted by Gasteiger charge is -2.25. The van der Waals surface area contributed by atoms with Crippen molar-refractivity contribution in [2.45, 2.75) is 51.1 Å². The summed E-state index contributed by atoms with van der Waals surface area (Å²) in [6.45, 7) is 2.18. The third-order valence-corrected chi connectivity index (χ3v) is 4.32. The van der Waals surface area contributed by atoms with E-state index in [9.17, 15) is 4.79 Å². The Morgan fingerprint density at radius 3 is 1.88 bits per heavy atom. The van der Waals surface area contributed by atoms with E-state index in [0.717, 1.165) is 19.3 Å². The van der Waals surface area contributed by atoms with Crippen molar-refractivity contribution in [1.29, 1.82) is 0 Å². The molecule has 2 aromatic rings. The molecule has 0 saturated carbocycles. The maximum atomic E-state index is 11.0. The standard InChI is InChI=1S/C21H27NO2/c1-2-19(15-17-9-5-3-6-10-17)22-20(13-14-21(23)24)16-18-11-7-4-8-12-18/h3-12,19-20,22H,2,13-16H2,1H3,(H,23,24). The Bertz CT molecular complexity index is 598. The van der Waals surface area contributed by atoms with Crippen molar-refractivity contribution < 1.29 is 9.90 Å². The molecule has 0 amide bonds. The Kier molecular flexibility index (Phi) is 7.50. The summed E-state index contributed by atoms with van der Waals surface area (Å²) in [6.07, 6.45) is 3.70. The first-order valence-electron chi connectivity index (χ1n) is 8.73. The van der Waals surface area contributed by atoms with Crippen molar-refractivity contribution in [2.24, 2.45) is 0 Å². The van der Waals surface area contributed by atoms with Gasteiger partial charge in [0, 0.05) is 18.5 Å². The molecule has 2 atom stereocenters. The van der Waals surface area contributed by atoms with Gasteiger partial charge in [-0.2, -0.15) is 0 Å². The van der Waals surface area contributed by atoms with E-state index in [1.54, 1.807) is 0 Å². The molecule has 3 heteroatoms. The summed E-state index contributed by atoms with van der Waals surface area (Å²) >= 11 is 0. The van der Waals surface area contributed by atoms with Gasteiger partial charge in [0.25, 0.3) is 0 Å². The maximum Gasteiger partial charge on any atom is 0.303 e. The van der Waals surface area contributed by atoms with Gasteiger partial charge in [-0.3, -0.25) is 4.79 Å². The second-order valence-corrected chi connectivity index (χ2v) is 6.28. The molecule has 0 saturated heterocycles. The Morgan fingerprint density at radius 2 is 1.42 bits per heavy atom. The normalized spacial score (nSPS) is 13.4. The van der Waals surface area contributed by atoms with Crippen LogP contribution in [0.4, 0.5) is 0 Å². The highest BCUT2D eigenvalue weighted by molar-refractivity contribution is 5.66. The molecule has 2 N–H and O–H groups in total. The summed E-state index contributed by atoms with van der Waals surface area (Å²) in [5.41, 5.74) is 2.56. The van der Waals surface area contributed by atoms with Gasteiger partial charge in [-0.1, -0.05) is 67.6 Å². The Balaban J connectivity index is 2.00. The lowest BCUT2D eigenvalue weighted by atomic mass is 9.98. The van der Waals surface area contributed by atoms with E-state index < -0.39 is 5.97 Å². The van der Waals surface area contributed by atoms with Crippen LogP contribution >= 0.6 is 0 Å². The Labute approximate surface area is 144 Å².